The maximum atomic E-state index is 14.1. The number of carbonyl (C=O) groups excluding carboxylic acids is 2. The second-order valence-corrected chi connectivity index (χ2v) is 13.6. The van der Waals surface area contributed by atoms with Crippen LogP contribution in [0.4, 0.5) is 9.18 Å². The summed E-state index contributed by atoms with van der Waals surface area (Å²) in [6.07, 6.45) is 3.40. The van der Waals surface area contributed by atoms with Crippen LogP contribution in [0.25, 0.3) is 0 Å². The highest BCUT2D eigenvalue weighted by molar-refractivity contribution is 7.13. The first-order chi connectivity index (χ1) is 20.8. The molecule has 0 bridgehead atoms. The number of halogens is 2. The lowest BCUT2D eigenvalue weighted by Crippen LogP contribution is -2.44. The molecule has 238 valence electrons. The second-order valence-electron chi connectivity index (χ2n) is 12.1. The molecule has 4 rings (SSSR count). The molecule has 3 aromatic rings. The van der Waals surface area contributed by atoms with Gasteiger partial charge >= 0.3 is 6.09 Å². The Morgan fingerprint density at radius 3 is 2.55 bits per heavy atom. The summed E-state index contributed by atoms with van der Waals surface area (Å²) in [7, 11) is 0. The highest BCUT2D eigenvalue weighted by Crippen LogP contribution is 2.33. The summed E-state index contributed by atoms with van der Waals surface area (Å²) in [6.45, 7) is 12.2. The minimum atomic E-state index is -0.656. The van der Waals surface area contributed by atoms with Gasteiger partial charge in [0.1, 0.15) is 18.8 Å². The zero-order valence-electron chi connectivity index (χ0n) is 26.2. The van der Waals surface area contributed by atoms with E-state index < -0.39 is 23.4 Å². The molecule has 8 nitrogen and oxygen atoms in total. The number of thiazole rings is 1. The van der Waals surface area contributed by atoms with Crippen molar-refractivity contribution in [2.45, 2.75) is 79.0 Å². The highest BCUT2D eigenvalue weighted by Gasteiger charge is 2.36. The maximum Gasteiger partial charge on any atom is 0.407 e. The minimum Gasteiger partial charge on any atom is -0.485 e. The number of nitrogens with one attached hydrogen (secondary N) is 1. The number of hydrogen-bond acceptors (Lipinski definition) is 7. The lowest BCUT2D eigenvalue weighted by Gasteiger charge is -2.29. The third kappa shape index (κ3) is 9.32. The molecule has 1 aromatic heterocycles. The molecule has 1 N–H and O–H groups in total. The average Bonchev–Trinajstić information content (AvgIpc) is 3.70. The molecular formula is C33H41ClFN3O5S. The molecule has 1 atom stereocenters. The maximum absolute atomic E-state index is 14.1. The van der Waals surface area contributed by atoms with Gasteiger partial charge in [-0.1, -0.05) is 47.2 Å². The molecule has 1 unspecified atom stereocenters. The number of alkyl carbamates (subject to hydrolysis) is 1. The Hall–Kier alpha value is -3.37. The lowest BCUT2D eigenvalue weighted by molar-refractivity contribution is -0.136. The fourth-order valence-corrected chi connectivity index (χ4v) is 5.74. The molecule has 0 radical (unpaired) electrons. The summed E-state index contributed by atoms with van der Waals surface area (Å²) in [4.78, 5) is 33.7. The van der Waals surface area contributed by atoms with Crippen molar-refractivity contribution in [1.82, 2.24) is 15.2 Å². The fraction of sp³-hybridized carbons (Fsp3) is 0.485. The van der Waals surface area contributed by atoms with Gasteiger partial charge in [0.25, 0.3) is 5.19 Å². The van der Waals surface area contributed by atoms with Gasteiger partial charge in [0.2, 0.25) is 5.91 Å². The van der Waals surface area contributed by atoms with Crippen molar-refractivity contribution in [1.29, 1.82) is 0 Å². The summed E-state index contributed by atoms with van der Waals surface area (Å²) < 4.78 is 30.8. The van der Waals surface area contributed by atoms with Crippen LogP contribution >= 0.6 is 22.9 Å². The van der Waals surface area contributed by atoms with Crippen molar-refractivity contribution in [3.8, 4) is 10.9 Å². The fourth-order valence-electron chi connectivity index (χ4n) is 4.67. The first-order valence-corrected chi connectivity index (χ1v) is 16.0. The Balaban J connectivity index is 1.43. The summed E-state index contributed by atoms with van der Waals surface area (Å²) >= 11 is 7.49. The summed E-state index contributed by atoms with van der Waals surface area (Å²) in [5, 5.41) is 3.44. The first kappa shape index (κ1) is 33.5. The van der Waals surface area contributed by atoms with E-state index in [1.54, 1.807) is 40.0 Å². The number of aromatic nitrogens is 1. The normalized spacial score (nSPS) is 13.7. The minimum absolute atomic E-state index is 0.00462. The predicted molar refractivity (Wildman–Crippen MR) is 170 cm³/mol. The number of rotatable bonds is 13. The Morgan fingerprint density at radius 2 is 1.84 bits per heavy atom. The van der Waals surface area contributed by atoms with Crippen LogP contribution in [0.5, 0.6) is 10.9 Å². The molecular weight excluding hydrogens is 605 g/mol. The third-order valence-corrected chi connectivity index (χ3v) is 8.75. The van der Waals surface area contributed by atoms with E-state index in [2.05, 4.69) is 36.3 Å². The molecule has 1 saturated carbocycles. The van der Waals surface area contributed by atoms with E-state index in [1.807, 2.05) is 11.0 Å². The summed E-state index contributed by atoms with van der Waals surface area (Å²) in [6, 6.07) is 9.24. The number of nitrogens with zero attached hydrogens (tertiary/aromatic N) is 2. The molecule has 1 heterocycles. The predicted octanol–water partition coefficient (Wildman–Crippen LogP) is 7.19. The van der Waals surface area contributed by atoms with E-state index in [0.29, 0.717) is 23.7 Å². The van der Waals surface area contributed by atoms with E-state index in [1.165, 1.54) is 28.5 Å². The van der Waals surface area contributed by atoms with Crippen LogP contribution in [0, 0.1) is 32.5 Å². The average molecular weight is 646 g/mol. The van der Waals surface area contributed by atoms with Gasteiger partial charge in [-0.2, -0.15) is 0 Å². The molecule has 1 fully saturated rings. The van der Waals surface area contributed by atoms with Gasteiger partial charge in [-0.25, -0.2) is 14.2 Å². The van der Waals surface area contributed by atoms with E-state index >= 15 is 0 Å². The first-order valence-electron chi connectivity index (χ1n) is 14.8. The van der Waals surface area contributed by atoms with E-state index in [9.17, 15) is 14.0 Å². The van der Waals surface area contributed by atoms with Crippen LogP contribution in [0.15, 0.2) is 36.5 Å². The number of benzene rings is 2. The zero-order valence-corrected chi connectivity index (χ0v) is 27.7. The molecule has 44 heavy (non-hydrogen) atoms. The van der Waals surface area contributed by atoms with Crippen molar-refractivity contribution < 1.29 is 28.2 Å². The molecule has 2 amide bonds. The molecule has 0 aliphatic heterocycles. The number of aryl methyl sites for hydroxylation is 2. The quantitative estimate of drug-likeness (QED) is 0.198. The molecule has 1 aliphatic carbocycles. The Bertz CT molecular complexity index is 1470. The Labute approximate surface area is 267 Å². The van der Waals surface area contributed by atoms with Gasteiger partial charge in [-0.15, -0.1) is 0 Å². The van der Waals surface area contributed by atoms with Crippen molar-refractivity contribution in [2.75, 3.05) is 19.8 Å². The van der Waals surface area contributed by atoms with Gasteiger partial charge in [-0.05, 0) is 89.1 Å². The van der Waals surface area contributed by atoms with Crippen LogP contribution in [0.2, 0.25) is 5.02 Å². The lowest BCUT2D eigenvalue weighted by atomic mass is 10.00. The van der Waals surface area contributed by atoms with Crippen LogP contribution in [0.3, 0.4) is 0 Å². The monoisotopic (exact) mass is 645 g/mol. The van der Waals surface area contributed by atoms with Crippen LogP contribution in [0.1, 0.15) is 60.7 Å². The Morgan fingerprint density at radius 1 is 1.11 bits per heavy atom. The van der Waals surface area contributed by atoms with Crippen LogP contribution in [-0.2, 0) is 22.5 Å². The van der Waals surface area contributed by atoms with E-state index in [0.717, 1.165) is 23.3 Å². The van der Waals surface area contributed by atoms with Gasteiger partial charge in [0.15, 0.2) is 11.6 Å². The van der Waals surface area contributed by atoms with Crippen molar-refractivity contribution in [3.63, 3.8) is 0 Å². The Kier molecular flexibility index (Phi) is 11.1. The third-order valence-electron chi connectivity index (χ3n) is 7.35. The van der Waals surface area contributed by atoms with Crippen molar-refractivity contribution in [2.24, 2.45) is 5.92 Å². The number of ether oxygens (including phenoxy) is 3. The topological polar surface area (TPSA) is 90.0 Å². The number of hydrogen-bond donors (Lipinski definition) is 1. The zero-order chi connectivity index (χ0) is 32.0. The van der Waals surface area contributed by atoms with Crippen molar-refractivity contribution in [3.05, 3.63) is 74.5 Å². The largest absolute Gasteiger partial charge is 0.485 e. The van der Waals surface area contributed by atoms with Gasteiger partial charge in [-0.3, -0.25) is 4.79 Å². The van der Waals surface area contributed by atoms with Crippen molar-refractivity contribution >= 4 is 34.9 Å². The molecule has 11 heteroatoms. The summed E-state index contributed by atoms with van der Waals surface area (Å²) in [5.74, 6) is -1.09. The molecule has 2 aromatic carbocycles. The smallest absolute Gasteiger partial charge is 0.407 e. The second kappa shape index (κ2) is 14.6. The molecule has 0 spiro atoms. The van der Waals surface area contributed by atoms with Crippen LogP contribution in [-0.4, -0.2) is 53.3 Å². The number of amides is 2. The standard InChI is InChI=1S/C33H41ClFN3O5S/c1-20-8-7-9-23(22(20)3)19-38(25-11-12-25)30(39)24(17-36-31(40)43-33(4,5)6)16-26-18-37-32(44-26)42-15-14-41-29-27(35)13-10-21(2)28(29)34/h7-10,13,18,24-25H,11-12,14-17,19H2,1-6H3,(H,36,40). The SMILES string of the molecule is Cc1cccc(CN(C(=O)C(CNC(=O)OC(C)(C)C)Cc2cnc(OCCOc3c(F)ccc(C)c3Cl)s2)C2CC2)c1C. The van der Waals surface area contributed by atoms with E-state index in [4.69, 9.17) is 25.8 Å². The van der Waals surface area contributed by atoms with Gasteiger partial charge in [0, 0.05) is 30.2 Å². The summed E-state index contributed by atoms with van der Waals surface area (Å²) in [5.41, 5.74) is 3.54. The number of carbonyl (C=O) groups is 2. The van der Waals surface area contributed by atoms with Crippen LogP contribution < -0.4 is 14.8 Å². The van der Waals surface area contributed by atoms with E-state index in [-0.39, 0.29) is 42.5 Å². The molecule has 1 aliphatic rings. The molecule has 0 saturated heterocycles. The van der Waals surface area contributed by atoms with Gasteiger partial charge in [0.05, 0.1) is 10.9 Å². The van der Waals surface area contributed by atoms with Gasteiger partial charge < -0.3 is 24.4 Å². The highest BCUT2D eigenvalue weighted by atomic mass is 35.5.